The van der Waals surface area contributed by atoms with E-state index in [1.54, 1.807) is 19.4 Å². The summed E-state index contributed by atoms with van der Waals surface area (Å²) in [5, 5.41) is 21.4. The fraction of sp³-hybridized carbons (Fsp3) is 0.143. The van der Waals surface area contributed by atoms with Gasteiger partial charge < -0.3 is 15.2 Å². The molecule has 0 aliphatic rings. The number of H-pyrrole nitrogens is 1. The van der Waals surface area contributed by atoms with Crippen molar-refractivity contribution in [1.29, 1.82) is 0 Å². The van der Waals surface area contributed by atoms with E-state index in [0.29, 0.717) is 21.0 Å². The van der Waals surface area contributed by atoms with Gasteiger partial charge in [0.15, 0.2) is 5.16 Å². The zero-order chi connectivity index (χ0) is 32.7. The molecule has 20 nitrogen and oxygen atoms in total. The Bertz CT molecular complexity index is 1810. The molecule has 0 unspecified atom stereocenters. The van der Waals surface area contributed by atoms with Gasteiger partial charge in [0, 0.05) is 56.1 Å². The monoisotopic (exact) mass is 680 g/mol. The van der Waals surface area contributed by atoms with E-state index >= 15 is 0 Å². The molecule has 0 atom stereocenters. The molecule has 0 aliphatic carbocycles. The maximum Gasteiger partial charge on any atom is 1.00 e. The molecule has 0 fully saturated rings. The van der Waals surface area contributed by atoms with Crippen LogP contribution in [-0.4, -0.2) is 57.8 Å². The van der Waals surface area contributed by atoms with Crippen LogP contribution in [0.1, 0.15) is 0 Å². The molecule has 0 radical (unpaired) electrons. The van der Waals surface area contributed by atoms with Gasteiger partial charge in [-0.05, 0) is 30.5 Å². The molecular formula is C21H21KN8O12S2. The normalized spacial score (nSPS) is 9.77. The smallest absolute Gasteiger partial charge is 0.635 e. The molecule has 0 amide bonds. The van der Waals surface area contributed by atoms with Gasteiger partial charge in [-0.1, -0.05) is 11.8 Å². The molecule has 4 rings (SSSR count). The van der Waals surface area contributed by atoms with Gasteiger partial charge in [0.2, 0.25) is 0 Å². The first kappa shape index (κ1) is 40.5. The molecule has 0 saturated heterocycles. The summed E-state index contributed by atoms with van der Waals surface area (Å²) >= 11 is 1.45. The first-order chi connectivity index (χ1) is 20.2. The third-order valence-electron chi connectivity index (χ3n) is 4.72. The van der Waals surface area contributed by atoms with Crippen molar-refractivity contribution >= 4 is 27.8 Å². The van der Waals surface area contributed by atoms with Gasteiger partial charge in [-0.25, -0.2) is 9.78 Å². The number of nitrogens with one attached hydrogen (secondary N) is 1. The third kappa shape index (κ3) is 13.4. The van der Waals surface area contributed by atoms with Crippen molar-refractivity contribution in [3.63, 3.8) is 0 Å². The maximum atomic E-state index is 11.7. The summed E-state index contributed by atoms with van der Waals surface area (Å²) in [4.78, 5) is 70.2. The molecule has 0 bridgehead atoms. The minimum Gasteiger partial charge on any atom is -0.635 e. The van der Waals surface area contributed by atoms with Crippen molar-refractivity contribution in [2.24, 2.45) is 19.4 Å². The molecule has 0 aliphatic heterocycles. The Balaban J connectivity index is 0.000000652. The van der Waals surface area contributed by atoms with E-state index in [9.17, 15) is 24.5 Å². The second-order valence-corrected chi connectivity index (χ2v) is 9.04. The number of nitrogens with zero attached hydrogens (tertiary/aromatic N) is 7. The number of rotatable bonds is 5. The summed E-state index contributed by atoms with van der Waals surface area (Å²) < 4.78 is 33.8. The molecule has 0 aromatic carbocycles. The number of pyridine rings is 2. The molecule has 4 heterocycles. The Kier molecular flexibility index (Phi) is 18.1. The number of thioether (sulfide) groups is 1. The van der Waals surface area contributed by atoms with E-state index in [-0.39, 0.29) is 62.6 Å². The van der Waals surface area contributed by atoms with Gasteiger partial charge in [-0.15, -0.1) is 4.91 Å². The summed E-state index contributed by atoms with van der Waals surface area (Å²) in [6.07, 6.45) is 8.10. The molecule has 4 aromatic heterocycles. The van der Waals surface area contributed by atoms with Crippen molar-refractivity contribution < 1.29 is 84.1 Å². The molecule has 23 heteroatoms. The van der Waals surface area contributed by atoms with Crippen molar-refractivity contribution in [3.8, 4) is 22.5 Å². The Morgan fingerprint density at radius 3 is 1.86 bits per heavy atom. The minimum absolute atomic E-state index is 0. The van der Waals surface area contributed by atoms with E-state index in [1.807, 2.05) is 18.4 Å². The number of nitro groups is 1. The molecule has 0 saturated carbocycles. The molecule has 3 N–H and O–H groups in total. The van der Waals surface area contributed by atoms with Gasteiger partial charge in [-0.3, -0.25) is 47.9 Å². The SMILES string of the molecule is CSc1nc(-c2ccncc2)cc(=O)n1C.Cn1c(=O)[nH]c(-c2ccncc2)c([N+](=O)[O-])c1=O.O=NO[O-].O=S(=O)(O)O.[K+]. The Morgan fingerprint density at radius 2 is 1.45 bits per heavy atom. The van der Waals surface area contributed by atoms with Crippen LogP contribution in [0.3, 0.4) is 0 Å². The summed E-state index contributed by atoms with van der Waals surface area (Å²) in [6.45, 7) is 0. The van der Waals surface area contributed by atoms with Crippen LogP contribution in [-0.2, 0) is 29.5 Å². The fourth-order valence-corrected chi connectivity index (χ4v) is 3.43. The van der Waals surface area contributed by atoms with Gasteiger partial charge in [0.1, 0.15) is 11.0 Å². The predicted octanol–water partition coefficient (Wildman–Crippen LogP) is -3.08. The van der Waals surface area contributed by atoms with Crippen LogP contribution >= 0.6 is 11.8 Å². The average molecular weight is 681 g/mol. The van der Waals surface area contributed by atoms with Gasteiger partial charge in [0.25, 0.3) is 5.56 Å². The van der Waals surface area contributed by atoms with Crippen LogP contribution in [0.15, 0.2) is 80.0 Å². The van der Waals surface area contributed by atoms with E-state index in [4.69, 9.17) is 27.7 Å². The van der Waals surface area contributed by atoms with Crippen LogP contribution in [0.2, 0.25) is 0 Å². The van der Waals surface area contributed by atoms with E-state index in [0.717, 1.165) is 5.56 Å². The van der Waals surface area contributed by atoms with Crippen molar-refractivity contribution in [2.75, 3.05) is 6.26 Å². The maximum absolute atomic E-state index is 11.7. The van der Waals surface area contributed by atoms with Crippen molar-refractivity contribution in [1.82, 2.24) is 29.1 Å². The second kappa shape index (κ2) is 19.7. The summed E-state index contributed by atoms with van der Waals surface area (Å²) in [6, 6.07) is 8.15. The van der Waals surface area contributed by atoms with Crippen LogP contribution < -0.4 is 73.5 Å². The molecule has 230 valence electrons. The quantitative estimate of drug-likeness (QED) is 0.0275. The number of hydrogen-bond donors (Lipinski definition) is 3. The summed E-state index contributed by atoms with van der Waals surface area (Å²) in [5.41, 5.74) is -0.540. The van der Waals surface area contributed by atoms with Gasteiger partial charge in [0.05, 0.1) is 10.6 Å². The largest absolute Gasteiger partial charge is 1.00 e. The Hall–Kier alpha value is -3.52. The van der Waals surface area contributed by atoms with Crippen LogP contribution in [0.25, 0.3) is 22.5 Å². The van der Waals surface area contributed by atoms with Gasteiger partial charge >= 0.3 is 78.7 Å². The predicted molar refractivity (Wildman–Crippen MR) is 148 cm³/mol. The molecule has 44 heavy (non-hydrogen) atoms. The van der Waals surface area contributed by atoms with Crippen LogP contribution in [0, 0.1) is 15.0 Å². The summed E-state index contributed by atoms with van der Waals surface area (Å²) in [7, 11) is -1.78. The number of aromatic amines is 1. The summed E-state index contributed by atoms with van der Waals surface area (Å²) in [5.74, 6) is 0. The molecule has 4 aromatic rings. The number of aromatic nitrogens is 6. The first-order valence-electron chi connectivity index (χ1n) is 10.9. The standard InChI is InChI=1S/C11H11N3OS.C10H8N4O4.K.HNO3.H2O4S/c1-14-10(15)7-9(13-11(14)16-2)8-3-5-12-6-4-8;1-13-9(15)8(14(17)18)7(12-10(13)16)6-2-4-11-5-3-6;;2-1-4-3;1-5(2,3)4/h3-7H,1-2H3;2-5H,1H3,(H,12,16);;3H;(H2,1,2,3,4)/q;;+1;;/p-1. The van der Waals surface area contributed by atoms with Crippen LogP contribution in [0.5, 0.6) is 0 Å². The minimum atomic E-state index is -4.67. The van der Waals surface area contributed by atoms with Crippen molar-refractivity contribution in [3.05, 3.63) is 101 Å². The van der Waals surface area contributed by atoms with E-state index in [2.05, 4.69) is 24.9 Å². The van der Waals surface area contributed by atoms with E-state index in [1.165, 1.54) is 59.3 Å². The second-order valence-electron chi connectivity index (χ2n) is 7.37. The molecule has 0 spiro atoms. The average Bonchev–Trinajstić information content (AvgIpc) is 2.97. The van der Waals surface area contributed by atoms with Crippen LogP contribution in [0.4, 0.5) is 5.69 Å². The zero-order valence-corrected chi connectivity index (χ0v) is 27.9. The Labute approximate surface area is 293 Å². The third-order valence-corrected chi connectivity index (χ3v) is 5.45. The van der Waals surface area contributed by atoms with Crippen molar-refractivity contribution in [2.45, 2.75) is 5.16 Å². The number of hydrogen-bond acceptors (Lipinski definition) is 15. The zero-order valence-electron chi connectivity index (χ0n) is 23.1. The topological polar surface area (TPSA) is 295 Å². The first-order valence-corrected chi connectivity index (χ1v) is 13.5. The van der Waals surface area contributed by atoms with Gasteiger partial charge in [-0.2, -0.15) is 8.42 Å². The van der Waals surface area contributed by atoms with E-state index < -0.39 is 32.3 Å². The Morgan fingerprint density at radius 1 is 1.00 bits per heavy atom. The fourth-order valence-electron chi connectivity index (χ4n) is 2.88. The molecular weight excluding hydrogens is 660 g/mol.